The van der Waals surface area contributed by atoms with E-state index in [0.29, 0.717) is 28.0 Å². The van der Waals surface area contributed by atoms with Gasteiger partial charge in [-0.1, -0.05) is 12.1 Å². The first-order valence-corrected chi connectivity index (χ1v) is 7.72. The molecule has 5 nitrogen and oxygen atoms in total. The number of methoxy groups -OCH3 is 1. The Labute approximate surface area is 142 Å². The highest BCUT2D eigenvalue weighted by Gasteiger charge is 2.11. The largest absolute Gasteiger partial charge is 0.497 e. The molecule has 0 amide bonds. The van der Waals surface area contributed by atoms with Crippen LogP contribution in [0.15, 0.2) is 67.0 Å². The summed E-state index contributed by atoms with van der Waals surface area (Å²) in [6, 6.07) is 13.8. The van der Waals surface area contributed by atoms with E-state index in [9.17, 15) is 9.59 Å². The van der Waals surface area contributed by atoms with Crippen molar-refractivity contribution in [3.63, 3.8) is 0 Å². The maximum Gasteiger partial charge on any atom is 0.344 e. The van der Waals surface area contributed by atoms with Crippen molar-refractivity contribution in [1.29, 1.82) is 0 Å². The van der Waals surface area contributed by atoms with Gasteiger partial charge >= 0.3 is 11.3 Å². The van der Waals surface area contributed by atoms with Gasteiger partial charge < -0.3 is 13.6 Å². The van der Waals surface area contributed by atoms with Gasteiger partial charge in [-0.3, -0.25) is 0 Å². The Kier molecular flexibility index (Phi) is 3.42. The third-order valence-electron chi connectivity index (χ3n) is 4.21. The number of hydrogen-bond donors (Lipinski definition) is 0. The first-order chi connectivity index (χ1) is 12.0. The van der Waals surface area contributed by atoms with Gasteiger partial charge in [-0.2, -0.15) is 0 Å². The molecule has 2 heterocycles. The van der Waals surface area contributed by atoms with Crippen LogP contribution in [0.1, 0.15) is 5.56 Å². The zero-order valence-electron chi connectivity index (χ0n) is 13.7. The minimum atomic E-state index is -0.463. The van der Waals surface area contributed by atoms with Gasteiger partial charge in [-0.25, -0.2) is 9.59 Å². The van der Waals surface area contributed by atoms with Crippen LogP contribution in [0.25, 0.3) is 33.1 Å². The van der Waals surface area contributed by atoms with Crippen LogP contribution in [-0.2, 0) is 0 Å². The van der Waals surface area contributed by atoms with E-state index in [0.717, 1.165) is 16.3 Å². The van der Waals surface area contributed by atoms with Crippen LogP contribution in [0.2, 0.25) is 0 Å². The molecule has 0 bridgehead atoms. The van der Waals surface area contributed by atoms with Crippen LogP contribution in [0.3, 0.4) is 0 Å². The van der Waals surface area contributed by atoms with Crippen LogP contribution < -0.4 is 16.0 Å². The molecule has 0 aliphatic rings. The third-order valence-corrected chi connectivity index (χ3v) is 4.21. The quantitative estimate of drug-likeness (QED) is 0.520. The fraction of sp³-hybridized carbons (Fsp3) is 0.100. The molecule has 0 unspecified atom stereocenters. The van der Waals surface area contributed by atoms with Crippen molar-refractivity contribution in [2.45, 2.75) is 6.92 Å². The highest BCUT2D eigenvalue weighted by molar-refractivity contribution is 5.87. The predicted octanol–water partition coefficient (Wildman–Crippen LogP) is 3.88. The lowest BCUT2D eigenvalue weighted by atomic mass is 10.0. The lowest BCUT2D eigenvalue weighted by molar-refractivity contribution is 0.414. The molecule has 0 fully saturated rings. The fourth-order valence-electron chi connectivity index (χ4n) is 2.91. The molecule has 4 aromatic rings. The van der Waals surface area contributed by atoms with Gasteiger partial charge in [0.15, 0.2) is 0 Å². The van der Waals surface area contributed by atoms with E-state index < -0.39 is 11.3 Å². The molecule has 0 atom stereocenters. The highest BCUT2D eigenvalue weighted by Crippen LogP contribution is 2.27. The summed E-state index contributed by atoms with van der Waals surface area (Å²) in [7, 11) is 1.55. The molecule has 5 heteroatoms. The Bertz CT molecular complexity index is 1230. The van der Waals surface area contributed by atoms with Crippen LogP contribution in [0, 0.1) is 6.92 Å². The molecule has 0 N–H and O–H groups in total. The van der Waals surface area contributed by atoms with E-state index in [1.54, 1.807) is 31.4 Å². The summed E-state index contributed by atoms with van der Waals surface area (Å²) in [6.07, 6.45) is 0. The maximum atomic E-state index is 12.4. The van der Waals surface area contributed by atoms with Crippen molar-refractivity contribution in [3.8, 4) is 16.9 Å². The smallest absolute Gasteiger partial charge is 0.344 e. The van der Waals surface area contributed by atoms with Gasteiger partial charge in [-0.15, -0.1) is 0 Å². The van der Waals surface area contributed by atoms with E-state index in [1.165, 1.54) is 6.07 Å². The second kappa shape index (κ2) is 5.63. The number of ether oxygens (including phenoxy) is 1. The van der Waals surface area contributed by atoms with Crippen molar-refractivity contribution in [2.75, 3.05) is 7.11 Å². The molecule has 2 aromatic carbocycles. The van der Waals surface area contributed by atoms with Crippen molar-refractivity contribution in [2.24, 2.45) is 0 Å². The summed E-state index contributed by atoms with van der Waals surface area (Å²) in [5.41, 5.74) is 1.88. The normalized spacial score (nSPS) is 11.1. The topological polar surface area (TPSA) is 69.7 Å². The lowest BCUT2D eigenvalue weighted by Crippen LogP contribution is -2.03. The lowest BCUT2D eigenvalue weighted by Gasteiger charge is -2.06. The molecule has 0 spiro atoms. The van der Waals surface area contributed by atoms with Gasteiger partial charge in [0.2, 0.25) is 0 Å². The van der Waals surface area contributed by atoms with Gasteiger partial charge in [-0.05, 0) is 42.3 Å². The number of fused-ring (bicyclic) bond motifs is 2. The fourth-order valence-corrected chi connectivity index (χ4v) is 2.91. The molecule has 2 aromatic heterocycles. The highest BCUT2D eigenvalue weighted by atomic mass is 16.5. The van der Waals surface area contributed by atoms with E-state index in [4.69, 9.17) is 13.6 Å². The SMILES string of the molecule is COc1ccc2cc(-c3ccc4c(C)cc(=O)oc4c3)c(=O)oc2c1. The van der Waals surface area contributed by atoms with E-state index in [-0.39, 0.29) is 0 Å². The molecule has 0 aliphatic heterocycles. The Balaban J connectivity index is 1.94. The Morgan fingerprint density at radius 3 is 2.52 bits per heavy atom. The molecule has 4 rings (SSSR count). The number of hydrogen-bond acceptors (Lipinski definition) is 5. The summed E-state index contributed by atoms with van der Waals surface area (Å²) in [5.74, 6) is 0.617. The number of benzene rings is 2. The van der Waals surface area contributed by atoms with Gasteiger partial charge in [0.1, 0.15) is 16.9 Å². The average molecular weight is 334 g/mol. The van der Waals surface area contributed by atoms with Crippen LogP contribution in [0.5, 0.6) is 5.75 Å². The molecular weight excluding hydrogens is 320 g/mol. The van der Waals surface area contributed by atoms with E-state index in [1.807, 2.05) is 25.1 Å². The molecule has 0 radical (unpaired) electrons. The van der Waals surface area contributed by atoms with Crippen molar-refractivity contribution in [3.05, 3.63) is 74.9 Å². The van der Waals surface area contributed by atoms with Gasteiger partial charge in [0, 0.05) is 22.9 Å². The van der Waals surface area contributed by atoms with Crippen molar-refractivity contribution < 1.29 is 13.6 Å². The first-order valence-electron chi connectivity index (χ1n) is 7.72. The van der Waals surface area contributed by atoms with Gasteiger partial charge in [0.25, 0.3) is 0 Å². The molecule has 124 valence electrons. The summed E-state index contributed by atoms with van der Waals surface area (Å²) in [6.45, 7) is 1.84. The number of aryl methyl sites for hydroxylation is 1. The van der Waals surface area contributed by atoms with Crippen LogP contribution >= 0.6 is 0 Å². The zero-order valence-corrected chi connectivity index (χ0v) is 13.7. The predicted molar refractivity (Wildman–Crippen MR) is 95.3 cm³/mol. The summed E-state index contributed by atoms with van der Waals surface area (Å²) in [4.78, 5) is 24.0. The van der Waals surface area contributed by atoms with E-state index >= 15 is 0 Å². The second-order valence-corrected chi connectivity index (χ2v) is 5.81. The van der Waals surface area contributed by atoms with Crippen LogP contribution in [0.4, 0.5) is 0 Å². The first kappa shape index (κ1) is 15.2. The van der Waals surface area contributed by atoms with Crippen molar-refractivity contribution >= 4 is 21.9 Å². The maximum absolute atomic E-state index is 12.4. The van der Waals surface area contributed by atoms with Gasteiger partial charge in [0.05, 0.1) is 12.7 Å². The second-order valence-electron chi connectivity index (χ2n) is 5.81. The summed E-state index contributed by atoms with van der Waals surface area (Å²) >= 11 is 0. The van der Waals surface area contributed by atoms with E-state index in [2.05, 4.69) is 0 Å². The molecular formula is C20H14O5. The Morgan fingerprint density at radius 2 is 1.72 bits per heavy atom. The Morgan fingerprint density at radius 1 is 0.880 bits per heavy atom. The number of rotatable bonds is 2. The van der Waals surface area contributed by atoms with Crippen LogP contribution in [-0.4, -0.2) is 7.11 Å². The molecule has 25 heavy (non-hydrogen) atoms. The molecule has 0 saturated carbocycles. The molecule has 0 saturated heterocycles. The summed E-state index contributed by atoms with van der Waals surface area (Å²) < 4.78 is 15.8. The standard InChI is InChI=1S/C20H14O5/c1-11-7-19(21)24-18-9-12(4-6-15(11)18)16-8-13-3-5-14(23-2)10-17(13)25-20(16)22/h3-10H,1-2H3. The Hall–Kier alpha value is -3.34. The van der Waals surface area contributed by atoms with Crippen molar-refractivity contribution in [1.82, 2.24) is 0 Å². The summed E-state index contributed by atoms with van der Waals surface area (Å²) in [5, 5.41) is 1.61. The minimum Gasteiger partial charge on any atom is -0.497 e. The monoisotopic (exact) mass is 334 g/mol. The zero-order chi connectivity index (χ0) is 17.6. The third kappa shape index (κ3) is 2.59. The molecule has 0 aliphatic carbocycles. The minimum absolute atomic E-state index is 0.406. The average Bonchev–Trinajstić information content (AvgIpc) is 2.60.